The average Bonchev–Trinajstić information content (AvgIpc) is 3.45. The number of halogens is 3. The van der Waals surface area contributed by atoms with E-state index in [2.05, 4.69) is 29.6 Å². The number of rotatable bonds is 5. The van der Waals surface area contributed by atoms with Gasteiger partial charge in [0.15, 0.2) is 11.6 Å². The lowest BCUT2D eigenvalue weighted by molar-refractivity contribution is -0.192. The van der Waals surface area contributed by atoms with Crippen molar-refractivity contribution >= 4 is 5.97 Å². The van der Waals surface area contributed by atoms with E-state index in [0.29, 0.717) is 12.4 Å². The van der Waals surface area contributed by atoms with Gasteiger partial charge in [0.05, 0.1) is 12.4 Å². The Morgan fingerprint density at radius 1 is 1.17 bits per heavy atom. The van der Waals surface area contributed by atoms with Crippen molar-refractivity contribution in [2.75, 3.05) is 19.6 Å². The fourth-order valence-corrected chi connectivity index (χ4v) is 2.89. The molecule has 4 rings (SSSR count). The zero-order chi connectivity index (χ0) is 20.9. The van der Waals surface area contributed by atoms with Crippen LogP contribution < -0.4 is 4.74 Å². The number of carboxylic acids is 1. The molecule has 2 aromatic rings. The highest BCUT2D eigenvalue weighted by Crippen LogP contribution is 2.30. The molecule has 9 nitrogen and oxygen atoms in total. The second-order valence-electron chi connectivity index (χ2n) is 6.84. The zero-order valence-corrected chi connectivity index (χ0v) is 15.5. The minimum Gasteiger partial charge on any atom is -0.482 e. The predicted molar refractivity (Wildman–Crippen MR) is 92.9 cm³/mol. The number of hydrogen-bond acceptors (Lipinski definition) is 7. The third-order valence-corrected chi connectivity index (χ3v) is 4.56. The van der Waals surface area contributed by atoms with Gasteiger partial charge in [-0.3, -0.25) is 0 Å². The molecule has 0 atom stereocenters. The van der Waals surface area contributed by atoms with E-state index in [9.17, 15) is 13.2 Å². The molecule has 0 bridgehead atoms. The largest absolute Gasteiger partial charge is 0.490 e. The maximum Gasteiger partial charge on any atom is 0.490 e. The van der Waals surface area contributed by atoms with Gasteiger partial charge in [-0.2, -0.15) is 13.2 Å². The van der Waals surface area contributed by atoms with E-state index in [1.54, 1.807) is 12.4 Å². The fraction of sp³-hybridized carbons (Fsp3) is 0.588. The van der Waals surface area contributed by atoms with Crippen LogP contribution in [0.15, 0.2) is 18.7 Å². The van der Waals surface area contributed by atoms with Crippen LogP contribution in [0.25, 0.3) is 0 Å². The van der Waals surface area contributed by atoms with E-state index in [-0.39, 0.29) is 0 Å². The van der Waals surface area contributed by atoms with E-state index >= 15 is 0 Å². The van der Waals surface area contributed by atoms with Crippen molar-refractivity contribution in [2.45, 2.75) is 38.6 Å². The molecule has 1 N–H and O–H groups in total. The first-order chi connectivity index (χ1) is 13.8. The maximum atomic E-state index is 10.6. The predicted octanol–water partition coefficient (Wildman–Crippen LogP) is 1.55. The van der Waals surface area contributed by atoms with Crippen molar-refractivity contribution in [1.29, 1.82) is 0 Å². The third kappa shape index (κ3) is 6.38. The zero-order valence-electron chi connectivity index (χ0n) is 15.5. The van der Waals surface area contributed by atoms with E-state index in [1.165, 1.54) is 25.7 Å². The fourth-order valence-electron chi connectivity index (χ4n) is 2.89. The summed E-state index contributed by atoms with van der Waals surface area (Å²) in [5.74, 6) is 0.786. The number of fused-ring (bicyclic) bond motifs is 1. The average molecular weight is 414 g/mol. The minimum absolute atomic E-state index is 0.406. The van der Waals surface area contributed by atoms with Crippen molar-refractivity contribution in [1.82, 2.24) is 29.6 Å². The van der Waals surface area contributed by atoms with Crippen molar-refractivity contribution in [2.24, 2.45) is 5.92 Å². The monoisotopic (exact) mass is 414 g/mol. The molecule has 0 amide bonds. The van der Waals surface area contributed by atoms with Crippen molar-refractivity contribution in [3.8, 4) is 5.75 Å². The van der Waals surface area contributed by atoms with Crippen LogP contribution in [0.3, 0.4) is 0 Å². The van der Waals surface area contributed by atoms with Crippen LogP contribution in [0.4, 0.5) is 13.2 Å². The molecule has 1 aliphatic heterocycles. The molecule has 12 heteroatoms. The minimum atomic E-state index is -5.08. The smallest absolute Gasteiger partial charge is 0.482 e. The number of alkyl halides is 3. The highest BCUT2D eigenvalue weighted by atomic mass is 19.4. The quantitative estimate of drug-likeness (QED) is 0.786. The second kappa shape index (κ2) is 9.16. The Labute approximate surface area is 164 Å². The first-order valence-electron chi connectivity index (χ1n) is 9.14. The standard InChI is InChI=1S/C15H20N6O.C2HF3O2/c1-2-12(1)9-20-4-3-14-18-19-15(21(14)6-5-20)10-22-13-7-16-11-17-8-13;3-2(4,5)1(6)7/h7-8,11-12H,1-6,9-10H2;(H,6,7). The van der Waals surface area contributed by atoms with Gasteiger partial charge in [0.25, 0.3) is 0 Å². The lowest BCUT2D eigenvalue weighted by Gasteiger charge is -2.18. The van der Waals surface area contributed by atoms with Crippen LogP contribution in [0.2, 0.25) is 0 Å². The Balaban J connectivity index is 0.000000298. The molecule has 29 heavy (non-hydrogen) atoms. The van der Waals surface area contributed by atoms with Crippen LogP contribution in [-0.4, -0.2) is 66.5 Å². The highest BCUT2D eigenvalue weighted by molar-refractivity contribution is 5.73. The molecule has 158 valence electrons. The molecule has 0 aromatic carbocycles. The molecule has 1 saturated carbocycles. The molecule has 0 saturated heterocycles. The van der Waals surface area contributed by atoms with Crippen molar-refractivity contribution in [3.63, 3.8) is 0 Å². The van der Waals surface area contributed by atoms with E-state index in [0.717, 1.165) is 43.6 Å². The summed E-state index contributed by atoms with van der Waals surface area (Å²) in [5.41, 5.74) is 0. The van der Waals surface area contributed by atoms with Gasteiger partial charge in [-0.15, -0.1) is 10.2 Å². The van der Waals surface area contributed by atoms with Gasteiger partial charge in [0.2, 0.25) is 0 Å². The topological polar surface area (TPSA) is 106 Å². The van der Waals surface area contributed by atoms with Gasteiger partial charge < -0.3 is 19.3 Å². The Kier molecular flexibility index (Phi) is 6.62. The summed E-state index contributed by atoms with van der Waals surface area (Å²) in [7, 11) is 0. The summed E-state index contributed by atoms with van der Waals surface area (Å²) < 4.78 is 39.6. The highest BCUT2D eigenvalue weighted by Gasteiger charge is 2.38. The maximum absolute atomic E-state index is 10.6. The van der Waals surface area contributed by atoms with Crippen LogP contribution >= 0.6 is 0 Å². The summed E-state index contributed by atoms with van der Waals surface area (Å²) in [6.07, 6.45) is 3.49. The lowest BCUT2D eigenvalue weighted by atomic mass is 10.3. The number of nitrogens with zero attached hydrogens (tertiary/aromatic N) is 6. The first kappa shape index (κ1) is 21.0. The third-order valence-electron chi connectivity index (χ3n) is 4.56. The molecule has 0 unspecified atom stereocenters. The SMILES string of the molecule is O=C(O)C(F)(F)F.c1ncc(OCc2nnc3n2CCN(CC2CC2)CC3)cn1. The number of hydrogen-bond donors (Lipinski definition) is 1. The molecule has 1 fully saturated rings. The number of aliphatic carboxylic acids is 1. The van der Waals surface area contributed by atoms with Crippen molar-refractivity contribution in [3.05, 3.63) is 30.4 Å². The van der Waals surface area contributed by atoms with Gasteiger partial charge in [-0.1, -0.05) is 0 Å². The lowest BCUT2D eigenvalue weighted by Crippen LogP contribution is -2.29. The Hall–Kier alpha value is -2.76. The molecular formula is C17H21F3N6O3. The number of carboxylic acid groups (broad SMARTS) is 1. The molecule has 1 aliphatic carbocycles. The van der Waals surface area contributed by atoms with Gasteiger partial charge in [0, 0.05) is 32.6 Å². The van der Waals surface area contributed by atoms with Gasteiger partial charge >= 0.3 is 12.1 Å². The van der Waals surface area contributed by atoms with Gasteiger partial charge in [-0.05, 0) is 18.8 Å². The number of aromatic nitrogens is 5. The molecule has 2 aromatic heterocycles. The van der Waals surface area contributed by atoms with E-state index in [1.807, 2.05) is 0 Å². The summed E-state index contributed by atoms with van der Waals surface area (Å²) >= 11 is 0. The van der Waals surface area contributed by atoms with Gasteiger partial charge in [0.1, 0.15) is 18.8 Å². The Bertz CT molecular complexity index is 810. The van der Waals surface area contributed by atoms with Crippen LogP contribution in [0.5, 0.6) is 5.75 Å². The molecule has 0 spiro atoms. The second-order valence-corrected chi connectivity index (χ2v) is 6.84. The number of carbonyl (C=O) groups is 1. The molecule has 2 aliphatic rings. The van der Waals surface area contributed by atoms with Gasteiger partial charge in [-0.25, -0.2) is 14.8 Å². The van der Waals surface area contributed by atoms with Crippen LogP contribution in [0, 0.1) is 5.92 Å². The van der Waals surface area contributed by atoms with Crippen LogP contribution in [0.1, 0.15) is 24.5 Å². The molecular weight excluding hydrogens is 393 g/mol. The first-order valence-corrected chi connectivity index (χ1v) is 9.14. The van der Waals surface area contributed by atoms with Crippen LogP contribution in [-0.2, 0) is 24.4 Å². The summed E-state index contributed by atoms with van der Waals surface area (Å²) in [6, 6.07) is 0. The summed E-state index contributed by atoms with van der Waals surface area (Å²) in [4.78, 5) is 19.3. The Morgan fingerprint density at radius 3 is 2.48 bits per heavy atom. The summed E-state index contributed by atoms with van der Waals surface area (Å²) in [5, 5.41) is 15.7. The normalized spacial score (nSPS) is 16.9. The van der Waals surface area contributed by atoms with E-state index < -0.39 is 12.1 Å². The molecule has 0 radical (unpaired) electrons. The summed E-state index contributed by atoms with van der Waals surface area (Å²) in [6.45, 7) is 4.75. The number of ether oxygens (including phenoxy) is 1. The molecule has 3 heterocycles. The Morgan fingerprint density at radius 2 is 1.86 bits per heavy atom. The van der Waals surface area contributed by atoms with E-state index in [4.69, 9.17) is 14.6 Å². The van der Waals surface area contributed by atoms with Crippen molar-refractivity contribution < 1.29 is 27.8 Å².